The van der Waals surface area contributed by atoms with E-state index in [1.165, 1.54) is 0 Å². The normalized spacial score (nSPS) is 9.45. The van der Waals surface area contributed by atoms with Crippen molar-refractivity contribution in [3.8, 4) is 0 Å². The molecule has 0 aliphatic rings. The molecule has 2 amide bonds. The molecule has 0 fully saturated rings. The van der Waals surface area contributed by atoms with Crippen LogP contribution in [0.25, 0.3) is 0 Å². The topological polar surface area (TPSA) is 68.0 Å². The number of hydrogen-bond acceptors (Lipinski definition) is 3. The molecule has 0 radical (unpaired) electrons. The minimum absolute atomic E-state index is 0.486. The smallest absolute Gasteiger partial charge is 0.312 e. The van der Waals surface area contributed by atoms with Gasteiger partial charge in [0, 0.05) is 18.3 Å². The van der Waals surface area contributed by atoms with E-state index in [1.807, 2.05) is 5.38 Å². The predicted molar refractivity (Wildman–Crippen MR) is 43.4 cm³/mol. The lowest BCUT2D eigenvalue weighted by atomic mass is 10.3. The molecule has 60 valence electrons. The van der Waals surface area contributed by atoms with Gasteiger partial charge < -0.3 is 11.1 Å². The van der Waals surface area contributed by atoms with E-state index in [0.29, 0.717) is 6.54 Å². The number of carbonyl (C=O) groups is 1. The molecule has 1 aromatic rings. The zero-order valence-electron chi connectivity index (χ0n) is 5.91. The SMILES string of the molecule is NC(=O)NCCc1cscn1. The molecule has 0 bridgehead atoms. The van der Waals surface area contributed by atoms with Gasteiger partial charge in [-0.25, -0.2) is 9.78 Å². The Kier molecular flexibility index (Phi) is 2.85. The third kappa shape index (κ3) is 2.99. The summed E-state index contributed by atoms with van der Waals surface area (Å²) in [4.78, 5) is 14.3. The quantitative estimate of drug-likeness (QED) is 0.689. The minimum atomic E-state index is -0.486. The molecule has 4 nitrogen and oxygen atoms in total. The van der Waals surface area contributed by atoms with E-state index in [2.05, 4.69) is 10.3 Å². The van der Waals surface area contributed by atoms with Crippen molar-refractivity contribution in [3.05, 3.63) is 16.6 Å². The third-order valence-electron chi connectivity index (χ3n) is 1.16. The number of nitrogens with two attached hydrogens (primary N) is 1. The zero-order valence-corrected chi connectivity index (χ0v) is 6.73. The first-order valence-electron chi connectivity index (χ1n) is 3.19. The van der Waals surface area contributed by atoms with Crippen LogP contribution < -0.4 is 11.1 Å². The lowest BCUT2D eigenvalue weighted by Crippen LogP contribution is -2.30. The highest BCUT2D eigenvalue weighted by Gasteiger charge is 1.94. The molecule has 1 rings (SSSR count). The number of nitrogens with one attached hydrogen (secondary N) is 1. The van der Waals surface area contributed by atoms with Crippen LogP contribution in [0.3, 0.4) is 0 Å². The van der Waals surface area contributed by atoms with E-state index in [-0.39, 0.29) is 0 Å². The number of thiazole rings is 1. The molecule has 0 aliphatic carbocycles. The fraction of sp³-hybridized carbons (Fsp3) is 0.333. The Morgan fingerprint density at radius 3 is 3.18 bits per heavy atom. The largest absolute Gasteiger partial charge is 0.352 e. The second-order valence-electron chi connectivity index (χ2n) is 2.02. The van der Waals surface area contributed by atoms with Crippen molar-refractivity contribution in [2.75, 3.05) is 6.54 Å². The summed E-state index contributed by atoms with van der Waals surface area (Å²) in [7, 11) is 0. The number of rotatable bonds is 3. The first kappa shape index (κ1) is 8.00. The Bertz CT molecular complexity index is 222. The van der Waals surface area contributed by atoms with E-state index in [9.17, 15) is 4.79 Å². The molecule has 0 saturated carbocycles. The number of hydrogen-bond donors (Lipinski definition) is 2. The van der Waals surface area contributed by atoms with Gasteiger partial charge in [-0.1, -0.05) is 0 Å². The van der Waals surface area contributed by atoms with Crippen LogP contribution in [-0.4, -0.2) is 17.6 Å². The fourth-order valence-electron chi connectivity index (χ4n) is 0.675. The maximum absolute atomic E-state index is 10.2. The average Bonchev–Trinajstić information content (AvgIpc) is 2.39. The molecule has 0 unspecified atom stereocenters. The third-order valence-corrected chi connectivity index (χ3v) is 1.80. The number of urea groups is 1. The minimum Gasteiger partial charge on any atom is -0.352 e. The first-order chi connectivity index (χ1) is 5.29. The van der Waals surface area contributed by atoms with Gasteiger partial charge in [0.05, 0.1) is 11.2 Å². The monoisotopic (exact) mass is 171 g/mol. The predicted octanol–water partition coefficient (Wildman–Crippen LogP) is 0.354. The van der Waals surface area contributed by atoms with Gasteiger partial charge in [-0.15, -0.1) is 11.3 Å². The number of aromatic nitrogens is 1. The molecule has 0 atom stereocenters. The molecule has 1 aromatic heterocycles. The molecule has 11 heavy (non-hydrogen) atoms. The summed E-state index contributed by atoms with van der Waals surface area (Å²) >= 11 is 1.54. The lowest BCUT2D eigenvalue weighted by molar-refractivity contribution is 0.249. The van der Waals surface area contributed by atoms with Crippen LogP contribution in [0.1, 0.15) is 5.69 Å². The van der Waals surface area contributed by atoms with E-state index < -0.39 is 6.03 Å². The molecule has 1 heterocycles. The van der Waals surface area contributed by atoms with Crippen LogP contribution in [0.15, 0.2) is 10.9 Å². The highest BCUT2D eigenvalue weighted by atomic mass is 32.1. The standard InChI is InChI=1S/C6H9N3OS/c7-6(10)8-2-1-5-3-11-4-9-5/h3-4H,1-2H2,(H3,7,8,10). The molecular weight excluding hydrogens is 162 g/mol. The zero-order chi connectivity index (χ0) is 8.10. The Morgan fingerprint density at radius 2 is 2.64 bits per heavy atom. The molecule has 3 N–H and O–H groups in total. The van der Waals surface area contributed by atoms with Gasteiger partial charge in [-0.2, -0.15) is 0 Å². The van der Waals surface area contributed by atoms with Gasteiger partial charge >= 0.3 is 6.03 Å². The van der Waals surface area contributed by atoms with Crippen LogP contribution in [-0.2, 0) is 6.42 Å². The van der Waals surface area contributed by atoms with Crippen LogP contribution in [0, 0.1) is 0 Å². The van der Waals surface area contributed by atoms with Gasteiger partial charge in [0.1, 0.15) is 0 Å². The van der Waals surface area contributed by atoms with Gasteiger partial charge in [0.25, 0.3) is 0 Å². The fourth-order valence-corrected chi connectivity index (χ4v) is 1.27. The molecular formula is C6H9N3OS. The van der Waals surface area contributed by atoms with E-state index in [4.69, 9.17) is 5.73 Å². The summed E-state index contributed by atoms with van der Waals surface area (Å²) < 4.78 is 0. The van der Waals surface area contributed by atoms with Crippen LogP contribution in [0.5, 0.6) is 0 Å². The molecule has 0 spiro atoms. The summed E-state index contributed by atoms with van der Waals surface area (Å²) in [5, 5.41) is 4.43. The van der Waals surface area contributed by atoms with E-state index >= 15 is 0 Å². The van der Waals surface area contributed by atoms with Crippen LogP contribution in [0.4, 0.5) is 4.79 Å². The Morgan fingerprint density at radius 1 is 1.82 bits per heavy atom. The summed E-state index contributed by atoms with van der Waals surface area (Å²) in [5.74, 6) is 0. The van der Waals surface area contributed by atoms with Crippen molar-refractivity contribution in [1.29, 1.82) is 0 Å². The maximum Gasteiger partial charge on any atom is 0.312 e. The van der Waals surface area contributed by atoms with Crippen molar-refractivity contribution >= 4 is 17.4 Å². The molecule has 0 aromatic carbocycles. The Hall–Kier alpha value is -1.10. The van der Waals surface area contributed by atoms with Gasteiger partial charge in [0.2, 0.25) is 0 Å². The highest BCUT2D eigenvalue weighted by Crippen LogP contribution is 2.00. The van der Waals surface area contributed by atoms with E-state index in [1.54, 1.807) is 16.8 Å². The summed E-state index contributed by atoms with van der Waals surface area (Å²) in [6.45, 7) is 0.555. The number of primary amides is 1. The second kappa shape index (κ2) is 3.92. The Balaban J connectivity index is 2.19. The molecule has 0 aliphatic heterocycles. The average molecular weight is 171 g/mol. The van der Waals surface area contributed by atoms with Gasteiger partial charge in [-0.3, -0.25) is 0 Å². The summed E-state index contributed by atoms with van der Waals surface area (Å²) in [5.41, 5.74) is 7.62. The summed E-state index contributed by atoms with van der Waals surface area (Å²) in [6.07, 6.45) is 0.742. The summed E-state index contributed by atoms with van der Waals surface area (Å²) in [6, 6.07) is -0.486. The van der Waals surface area contributed by atoms with Crippen molar-refractivity contribution < 1.29 is 4.79 Å². The van der Waals surface area contributed by atoms with Crippen molar-refractivity contribution in [3.63, 3.8) is 0 Å². The first-order valence-corrected chi connectivity index (χ1v) is 4.13. The number of amides is 2. The second-order valence-corrected chi connectivity index (χ2v) is 2.74. The van der Waals surface area contributed by atoms with Crippen LogP contribution >= 0.6 is 11.3 Å². The number of carbonyl (C=O) groups excluding carboxylic acids is 1. The van der Waals surface area contributed by atoms with Crippen LogP contribution in [0.2, 0.25) is 0 Å². The van der Waals surface area contributed by atoms with Gasteiger partial charge in [-0.05, 0) is 0 Å². The maximum atomic E-state index is 10.2. The van der Waals surface area contributed by atoms with Crippen molar-refractivity contribution in [2.45, 2.75) is 6.42 Å². The lowest BCUT2D eigenvalue weighted by Gasteiger charge is -1.97. The van der Waals surface area contributed by atoms with E-state index in [0.717, 1.165) is 12.1 Å². The Labute approximate surface area is 68.4 Å². The van der Waals surface area contributed by atoms with Crippen molar-refractivity contribution in [2.24, 2.45) is 5.73 Å². The molecule has 0 saturated heterocycles. The highest BCUT2D eigenvalue weighted by molar-refractivity contribution is 7.07. The number of nitrogens with zero attached hydrogens (tertiary/aromatic N) is 1. The van der Waals surface area contributed by atoms with Crippen molar-refractivity contribution in [1.82, 2.24) is 10.3 Å². The molecule has 5 heteroatoms. The van der Waals surface area contributed by atoms with Gasteiger partial charge in [0.15, 0.2) is 0 Å².